The number of quaternary nitrogens is 1. The van der Waals surface area contributed by atoms with Crippen LogP contribution in [0.3, 0.4) is 0 Å². The van der Waals surface area contributed by atoms with Gasteiger partial charge in [-0.05, 0) is 68.2 Å². The van der Waals surface area contributed by atoms with E-state index in [0.717, 1.165) is 19.3 Å². The molecule has 3 N–H and O–H groups in total. The zero-order chi connectivity index (χ0) is 44.2. The van der Waals surface area contributed by atoms with Gasteiger partial charge in [-0.2, -0.15) is 4.90 Å². The highest BCUT2D eigenvalue weighted by molar-refractivity contribution is 5.94. The molecule has 0 aromatic carbocycles. The third-order valence-corrected chi connectivity index (χ3v) is 8.01. The Morgan fingerprint density at radius 1 is 0.695 bits per heavy atom. The lowest BCUT2D eigenvalue weighted by Gasteiger charge is -2.32. The second-order valence-electron chi connectivity index (χ2n) is 15.8. The molecule has 2 saturated heterocycles. The molecule has 0 radical (unpaired) electrons. The Hall–Kier alpha value is -2.59. The minimum absolute atomic E-state index is 0. The maximum Gasteiger partial charge on any atom is 0.420 e. The lowest BCUT2D eigenvalue weighted by Crippen LogP contribution is -3.00. The zero-order valence-corrected chi connectivity index (χ0v) is 36.8. The molecule has 2 aliphatic rings. The summed E-state index contributed by atoms with van der Waals surface area (Å²) in [7, 11) is 0. The summed E-state index contributed by atoms with van der Waals surface area (Å²) in [6.45, 7) is 15.4. The fourth-order valence-electron chi connectivity index (χ4n) is 5.26. The Morgan fingerprint density at radius 3 is 1.46 bits per heavy atom. The van der Waals surface area contributed by atoms with E-state index in [2.05, 4.69) is 5.73 Å². The third kappa shape index (κ3) is 22.7. The van der Waals surface area contributed by atoms with Crippen molar-refractivity contribution in [3.05, 3.63) is 0 Å². The van der Waals surface area contributed by atoms with E-state index in [1.165, 1.54) is 6.92 Å². The van der Waals surface area contributed by atoms with E-state index in [0.29, 0.717) is 24.5 Å². The van der Waals surface area contributed by atoms with Crippen molar-refractivity contribution >= 4 is 24.1 Å². The third-order valence-electron chi connectivity index (χ3n) is 8.01. The highest BCUT2D eigenvalue weighted by Gasteiger charge is 2.44. The number of rotatable bonds is 15. The van der Waals surface area contributed by atoms with Crippen molar-refractivity contribution in [2.24, 2.45) is 0 Å². The lowest BCUT2D eigenvalue weighted by molar-refractivity contribution is -0.415. The van der Waals surface area contributed by atoms with Crippen LogP contribution in [0.2, 0.25) is 0 Å². The number of halogens is 5. The summed E-state index contributed by atoms with van der Waals surface area (Å²) in [4.78, 5) is 51.4. The highest BCUT2D eigenvalue weighted by atomic mass is 35.5. The monoisotopic (exact) mass is 886 g/mol. The molecule has 59 heavy (non-hydrogen) atoms. The molecule has 0 spiro atoms. The smallest absolute Gasteiger partial charge is 0.420 e. The fraction of sp³-hybridized carbons (Fsp3) is 0.895. The van der Waals surface area contributed by atoms with Crippen LogP contribution < -0.4 is 18.1 Å². The number of carbonyl (C=O) groups is 4. The molecule has 2 fully saturated rings. The summed E-state index contributed by atoms with van der Waals surface area (Å²) in [5.41, 5.74) is 1.68. The van der Waals surface area contributed by atoms with Crippen LogP contribution in [0.25, 0.3) is 0 Å². The van der Waals surface area contributed by atoms with Gasteiger partial charge in [-0.15, -0.1) is 0 Å². The predicted octanol–water partition coefficient (Wildman–Crippen LogP) is 1.72. The van der Waals surface area contributed by atoms with Gasteiger partial charge in [-0.3, -0.25) is 0 Å². The van der Waals surface area contributed by atoms with Gasteiger partial charge in [-0.1, -0.05) is 26.7 Å². The Kier molecular flexibility index (Phi) is 26.9. The minimum atomic E-state index is -2.75. The lowest BCUT2D eigenvalue weighted by atomic mass is 10.1. The van der Waals surface area contributed by atoms with E-state index < -0.39 is 117 Å². The van der Waals surface area contributed by atoms with Crippen LogP contribution in [0.5, 0.6) is 0 Å². The van der Waals surface area contributed by atoms with Gasteiger partial charge in [0, 0.05) is 13.2 Å². The van der Waals surface area contributed by atoms with Crippen molar-refractivity contribution < 1.29 is 102 Å². The molecule has 0 unspecified atom stereocenters. The largest absolute Gasteiger partial charge is 1.00 e. The minimum Gasteiger partial charge on any atom is -1.00 e. The summed E-state index contributed by atoms with van der Waals surface area (Å²) < 4.78 is 105. The van der Waals surface area contributed by atoms with Crippen molar-refractivity contribution in [3.8, 4) is 0 Å². The standard InChI is InChI=1S/C24H41F2NO9.C14H25F2NO5.ClH/c1-9-10-11-32-17-13-31-12-16(20(28)34-15(2)19(17)33-14-18(25)26)27(21(29)35-23(3,4)5)22(30)36-24(6,7)8;1-3-4-5-20-11-7-19-6-10(17)14(18)22-9(2)13(11)21-8-12(15)16;/h15-19H,9-14H2,1-8H3;9-13H,3-8,17H2,1-2H3;1H/t15-,16-,17-,19-;9-,10-,11-,13-;/m00./s1. The van der Waals surface area contributed by atoms with Crippen LogP contribution in [0.15, 0.2) is 0 Å². The Labute approximate surface area is 351 Å². The number of nitrogens with zero attached hydrogens (tertiary/aromatic N) is 1. The average molecular weight is 887 g/mol. The summed E-state index contributed by atoms with van der Waals surface area (Å²) in [6, 6.07) is -2.23. The average Bonchev–Trinajstić information content (AvgIpc) is 3.16. The zero-order valence-electron chi connectivity index (χ0n) is 36.0. The van der Waals surface area contributed by atoms with Gasteiger partial charge in [0.15, 0.2) is 6.04 Å². The maximum absolute atomic E-state index is 13.2. The number of esters is 2. The van der Waals surface area contributed by atoms with Crippen LogP contribution >= 0.6 is 0 Å². The number of alkyl halides is 4. The van der Waals surface area contributed by atoms with Crippen molar-refractivity contribution in [3.63, 3.8) is 0 Å². The molecular formula is C38H67ClF4N2O14. The molecule has 8 atom stereocenters. The number of hydrogen-bond acceptors (Lipinski definition) is 14. The molecule has 2 rings (SSSR count). The second kappa shape index (κ2) is 28.1. The molecule has 0 saturated carbocycles. The second-order valence-corrected chi connectivity index (χ2v) is 15.8. The van der Waals surface area contributed by atoms with E-state index in [1.54, 1.807) is 48.5 Å². The van der Waals surface area contributed by atoms with Gasteiger partial charge in [-0.25, -0.2) is 36.7 Å². The summed E-state index contributed by atoms with van der Waals surface area (Å²) in [5, 5.41) is 0. The van der Waals surface area contributed by atoms with Gasteiger partial charge >= 0.3 is 24.1 Å². The number of carbonyl (C=O) groups excluding carboxylic acids is 4. The highest BCUT2D eigenvalue weighted by Crippen LogP contribution is 2.23. The number of imide groups is 1. The van der Waals surface area contributed by atoms with Gasteiger partial charge in [0.2, 0.25) is 6.04 Å². The molecule has 2 aliphatic heterocycles. The van der Waals surface area contributed by atoms with E-state index in [4.69, 9.17) is 47.4 Å². The SMILES string of the molecule is CCCCO[C@H]1COC[C@H](N(C(=O)OC(C)(C)C)C(=O)OC(C)(C)C)C(=O)O[C@@H](C)[C@@H]1OCC(F)F.CCCCO[C@H]1COC[C@H]([NH3+])C(=O)O[C@@H](C)[C@@H]1OCC(F)F.[Cl-]. The van der Waals surface area contributed by atoms with E-state index in [1.807, 2.05) is 13.8 Å². The number of hydrogen-bond donors (Lipinski definition) is 1. The van der Waals surface area contributed by atoms with Gasteiger partial charge in [0.05, 0.1) is 19.8 Å². The topological polar surface area (TPSA) is 191 Å². The maximum atomic E-state index is 13.2. The first-order chi connectivity index (χ1) is 27.0. The Morgan fingerprint density at radius 2 is 1.08 bits per heavy atom. The van der Waals surface area contributed by atoms with Crippen LogP contribution in [0.4, 0.5) is 27.2 Å². The van der Waals surface area contributed by atoms with E-state index in [9.17, 15) is 36.7 Å². The molecule has 0 aromatic rings. The number of unbranched alkanes of at least 4 members (excludes halogenated alkanes) is 2. The first-order valence-electron chi connectivity index (χ1n) is 19.7. The fourth-order valence-corrected chi connectivity index (χ4v) is 5.26. The Balaban J connectivity index is 0.00000125. The van der Waals surface area contributed by atoms with Crippen molar-refractivity contribution in [2.45, 2.75) is 168 Å². The molecule has 0 aliphatic carbocycles. The van der Waals surface area contributed by atoms with Gasteiger partial charge in [0.1, 0.15) is 67.6 Å². The molecule has 0 aromatic heterocycles. The van der Waals surface area contributed by atoms with Crippen LogP contribution in [0.1, 0.15) is 94.9 Å². The molecule has 16 nitrogen and oxygen atoms in total. The van der Waals surface area contributed by atoms with Crippen molar-refractivity contribution in [2.75, 3.05) is 52.9 Å². The van der Waals surface area contributed by atoms with Crippen LogP contribution in [-0.4, -0.2) is 155 Å². The molecule has 2 heterocycles. The van der Waals surface area contributed by atoms with Crippen molar-refractivity contribution in [1.82, 2.24) is 4.90 Å². The quantitative estimate of drug-likeness (QED) is 0.108. The van der Waals surface area contributed by atoms with E-state index >= 15 is 0 Å². The van der Waals surface area contributed by atoms with Crippen LogP contribution in [0, 0.1) is 0 Å². The predicted molar refractivity (Wildman–Crippen MR) is 198 cm³/mol. The summed E-state index contributed by atoms with van der Waals surface area (Å²) in [5.74, 6) is -1.55. The first-order valence-corrected chi connectivity index (χ1v) is 19.7. The number of amides is 2. The summed E-state index contributed by atoms with van der Waals surface area (Å²) >= 11 is 0. The van der Waals surface area contributed by atoms with Gasteiger partial charge < -0.3 is 65.5 Å². The molecular weight excluding hydrogens is 820 g/mol. The Bertz CT molecular complexity index is 1200. The van der Waals surface area contributed by atoms with Crippen LogP contribution in [-0.2, 0) is 57.0 Å². The molecule has 2 amide bonds. The molecule has 348 valence electrons. The molecule has 21 heteroatoms. The van der Waals surface area contributed by atoms with Gasteiger partial charge in [0.25, 0.3) is 12.9 Å². The van der Waals surface area contributed by atoms with E-state index in [-0.39, 0.29) is 32.2 Å². The first kappa shape index (κ1) is 56.4. The molecule has 0 bridgehead atoms. The number of cyclic esters (lactones) is 2. The van der Waals surface area contributed by atoms with Crippen molar-refractivity contribution in [1.29, 1.82) is 0 Å². The normalized spacial score (nSPS) is 25.9. The number of ether oxygens (including phenoxy) is 10. The summed E-state index contributed by atoms with van der Waals surface area (Å²) in [6.07, 6.45) is -9.36.